The van der Waals surface area contributed by atoms with E-state index in [4.69, 9.17) is 0 Å². The lowest BCUT2D eigenvalue weighted by Gasteiger charge is -2.54. The standard InChI is InChI=1S/C14H21NO/c1-8(2)14(16)15-13-11-4-9-3-10(6-11)7-12(13)5-9/h9-13H,1,3-7H2,2H3,(H,15,16). The second-order valence-corrected chi connectivity index (χ2v) is 6.21. The summed E-state index contributed by atoms with van der Waals surface area (Å²) in [6.07, 6.45) is 6.89. The predicted octanol–water partition coefficient (Wildman–Crippen LogP) is 2.50. The van der Waals surface area contributed by atoms with Gasteiger partial charge in [0.1, 0.15) is 0 Å². The SMILES string of the molecule is C=C(C)C(=O)NC1C2CC3CC(C2)CC1C3. The minimum absolute atomic E-state index is 0.0671. The molecule has 4 saturated carbocycles. The maximum absolute atomic E-state index is 11.7. The normalized spacial score (nSPS) is 44.4. The summed E-state index contributed by atoms with van der Waals surface area (Å²) in [5.41, 5.74) is 0.647. The zero-order valence-electron chi connectivity index (χ0n) is 10.0. The fraction of sp³-hybridized carbons (Fsp3) is 0.786. The maximum Gasteiger partial charge on any atom is 0.246 e. The molecule has 0 aliphatic heterocycles. The van der Waals surface area contributed by atoms with Gasteiger partial charge in [-0.3, -0.25) is 4.79 Å². The third-order valence-corrected chi connectivity index (χ3v) is 4.91. The van der Waals surface area contributed by atoms with Crippen LogP contribution in [0.2, 0.25) is 0 Å². The maximum atomic E-state index is 11.7. The van der Waals surface area contributed by atoms with Gasteiger partial charge < -0.3 is 5.32 Å². The lowest BCUT2D eigenvalue weighted by atomic mass is 9.54. The molecule has 0 unspecified atom stereocenters. The van der Waals surface area contributed by atoms with E-state index in [1.165, 1.54) is 32.1 Å². The molecule has 0 atom stereocenters. The number of carbonyl (C=O) groups excluding carboxylic acids is 1. The van der Waals surface area contributed by atoms with Crippen LogP contribution < -0.4 is 5.32 Å². The predicted molar refractivity (Wildman–Crippen MR) is 63.8 cm³/mol. The molecule has 0 aromatic rings. The second kappa shape index (κ2) is 3.61. The van der Waals surface area contributed by atoms with Crippen molar-refractivity contribution in [3.8, 4) is 0 Å². The molecule has 0 heterocycles. The zero-order valence-corrected chi connectivity index (χ0v) is 10.0. The minimum atomic E-state index is 0.0671. The Labute approximate surface area is 97.5 Å². The monoisotopic (exact) mass is 219 g/mol. The first-order valence-electron chi connectivity index (χ1n) is 6.60. The molecule has 1 amide bonds. The number of nitrogens with one attached hydrogen (secondary N) is 1. The summed E-state index contributed by atoms with van der Waals surface area (Å²) < 4.78 is 0. The summed E-state index contributed by atoms with van der Waals surface area (Å²) in [4.78, 5) is 11.7. The largest absolute Gasteiger partial charge is 0.349 e. The van der Waals surface area contributed by atoms with Crippen LogP contribution in [0, 0.1) is 23.7 Å². The smallest absolute Gasteiger partial charge is 0.246 e. The number of rotatable bonds is 2. The van der Waals surface area contributed by atoms with Gasteiger partial charge in [-0.15, -0.1) is 0 Å². The van der Waals surface area contributed by atoms with Crippen LogP contribution in [0.3, 0.4) is 0 Å². The van der Waals surface area contributed by atoms with Crippen LogP contribution in [0.25, 0.3) is 0 Å². The van der Waals surface area contributed by atoms with Crippen LogP contribution in [0.4, 0.5) is 0 Å². The number of hydrogen-bond acceptors (Lipinski definition) is 1. The van der Waals surface area contributed by atoms with E-state index >= 15 is 0 Å². The average Bonchev–Trinajstić information content (AvgIpc) is 2.21. The Balaban J connectivity index is 1.72. The molecule has 4 rings (SSSR count). The lowest BCUT2D eigenvalue weighted by Crippen LogP contribution is -2.55. The molecule has 0 saturated heterocycles. The first-order chi connectivity index (χ1) is 7.63. The van der Waals surface area contributed by atoms with Gasteiger partial charge in [0.25, 0.3) is 0 Å². The van der Waals surface area contributed by atoms with E-state index in [-0.39, 0.29) is 5.91 Å². The van der Waals surface area contributed by atoms with Gasteiger partial charge in [-0.25, -0.2) is 0 Å². The molecule has 0 aromatic carbocycles. The van der Waals surface area contributed by atoms with E-state index in [2.05, 4.69) is 11.9 Å². The van der Waals surface area contributed by atoms with E-state index in [0.717, 1.165) is 23.7 Å². The van der Waals surface area contributed by atoms with Crippen LogP contribution >= 0.6 is 0 Å². The molecule has 4 fully saturated rings. The Kier molecular flexibility index (Phi) is 2.34. The van der Waals surface area contributed by atoms with Crippen molar-refractivity contribution in [2.24, 2.45) is 23.7 Å². The van der Waals surface area contributed by atoms with Gasteiger partial charge in [0.15, 0.2) is 0 Å². The van der Waals surface area contributed by atoms with Crippen LogP contribution in [0.15, 0.2) is 12.2 Å². The van der Waals surface area contributed by atoms with E-state index in [9.17, 15) is 4.79 Å². The molecule has 2 heteroatoms. The molecule has 0 radical (unpaired) electrons. The Morgan fingerprint density at radius 1 is 1.06 bits per heavy atom. The molecule has 2 nitrogen and oxygen atoms in total. The van der Waals surface area contributed by atoms with E-state index in [0.29, 0.717) is 11.6 Å². The topological polar surface area (TPSA) is 29.1 Å². The van der Waals surface area contributed by atoms with Crippen molar-refractivity contribution in [3.63, 3.8) is 0 Å². The fourth-order valence-electron chi connectivity index (χ4n) is 4.44. The van der Waals surface area contributed by atoms with Crippen molar-refractivity contribution in [2.75, 3.05) is 0 Å². The van der Waals surface area contributed by atoms with Crippen molar-refractivity contribution in [1.29, 1.82) is 0 Å². The zero-order chi connectivity index (χ0) is 11.3. The third kappa shape index (κ3) is 1.59. The van der Waals surface area contributed by atoms with Crippen molar-refractivity contribution in [1.82, 2.24) is 5.32 Å². The molecule has 0 aromatic heterocycles. The molecular formula is C14H21NO. The van der Waals surface area contributed by atoms with E-state index in [1.54, 1.807) is 6.92 Å². The molecular weight excluding hydrogens is 198 g/mol. The molecule has 88 valence electrons. The molecule has 0 spiro atoms. The van der Waals surface area contributed by atoms with Gasteiger partial charge in [-0.2, -0.15) is 0 Å². The molecule has 4 aliphatic carbocycles. The quantitative estimate of drug-likeness (QED) is 0.710. The summed E-state index contributed by atoms with van der Waals surface area (Å²) >= 11 is 0. The summed E-state index contributed by atoms with van der Waals surface area (Å²) in [5.74, 6) is 3.54. The first-order valence-corrected chi connectivity index (χ1v) is 6.60. The number of amides is 1. The summed E-state index contributed by atoms with van der Waals surface area (Å²) in [6.45, 7) is 5.52. The molecule has 4 bridgehead atoms. The average molecular weight is 219 g/mol. The fourth-order valence-corrected chi connectivity index (χ4v) is 4.44. The van der Waals surface area contributed by atoms with Crippen molar-refractivity contribution < 1.29 is 4.79 Å². The molecule has 4 aliphatic rings. The number of hydrogen-bond donors (Lipinski definition) is 1. The van der Waals surface area contributed by atoms with Gasteiger partial charge in [-0.1, -0.05) is 6.58 Å². The van der Waals surface area contributed by atoms with E-state index in [1.807, 2.05) is 0 Å². The van der Waals surface area contributed by atoms with Crippen LogP contribution in [0.1, 0.15) is 39.0 Å². The highest BCUT2D eigenvalue weighted by atomic mass is 16.1. The molecule has 1 N–H and O–H groups in total. The van der Waals surface area contributed by atoms with Gasteiger partial charge in [0, 0.05) is 11.6 Å². The van der Waals surface area contributed by atoms with Crippen molar-refractivity contribution >= 4 is 5.91 Å². The minimum Gasteiger partial charge on any atom is -0.349 e. The van der Waals surface area contributed by atoms with Gasteiger partial charge >= 0.3 is 0 Å². The van der Waals surface area contributed by atoms with Crippen LogP contribution in [-0.4, -0.2) is 11.9 Å². The summed E-state index contributed by atoms with van der Waals surface area (Å²) in [7, 11) is 0. The highest BCUT2D eigenvalue weighted by Gasteiger charge is 2.48. The summed E-state index contributed by atoms with van der Waals surface area (Å²) in [6, 6.07) is 0.456. The Hall–Kier alpha value is -0.790. The van der Waals surface area contributed by atoms with Crippen molar-refractivity contribution in [2.45, 2.75) is 45.1 Å². The molecule has 16 heavy (non-hydrogen) atoms. The van der Waals surface area contributed by atoms with Crippen molar-refractivity contribution in [3.05, 3.63) is 12.2 Å². The van der Waals surface area contributed by atoms with Crippen LogP contribution in [0.5, 0.6) is 0 Å². The first kappa shape index (κ1) is 10.4. The third-order valence-electron chi connectivity index (χ3n) is 4.91. The highest BCUT2D eigenvalue weighted by Crippen LogP contribution is 2.53. The Morgan fingerprint density at radius 3 is 2.00 bits per heavy atom. The van der Waals surface area contributed by atoms with Gasteiger partial charge in [0.05, 0.1) is 0 Å². The van der Waals surface area contributed by atoms with E-state index < -0.39 is 0 Å². The lowest BCUT2D eigenvalue weighted by molar-refractivity contribution is -0.121. The number of carbonyl (C=O) groups is 1. The van der Waals surface area contributed by atoms with Gasteiger partial charge in [0.2, 0.25) is 5.91 Å². The summed E-state index contributed by atoms with van der Waals surface area (Å²) in [5, 5.41) is 3.22. The highest BCUT2D eigenvalue weighted by molar-refractivity contribution is 5.92. The Bertz CT molecular complexity index is 306. The van der Waals surface area contributed by atoms with Crippen LogP contribution in [-0.2, 0) is 4.79 Å². The van der Waals surface area contributed by atoms with Gasteiger partial charge in [-0.05, 0) is 62.7 Å². The Morgan fingerprint density at radius 2 is 1.56 bits per heavy atom. The second-order valence-electron chi connectivity index (χ2n) is 6.21.